The van der Waals surface area contributed by atoms with Crippen LogP contribution in [-0.2, 0) is 6.42 Å². The topological polar surface area (TPSA) is 21.3 Å². The van der Waals surface area contributed by atoms with E-state index in [1.807, 2.05) is 0 Å². The molecule has 0 aliphatic carbocycles. The normalized spacial score (nSPS) is 14.8. The fourth-order valence-electron chi connectivity index (χ4n) is 1.52. The van der Waals surface area contributed by atoms with Crippen molar-refractivity contribution in [3.63, 3.8) is 0 Å². The van der Waals surface area contributed by atoms with Crippen LogP contribution in [0.2, 0.25) is 0 Å². The number of fused-ring (bicyclic) bond motifs is 1. The molecule has 2 rings (SSSR count). The highest BCUT2D eigenvalue weighted by molar-refractivity contribution is 9.10. The van der Waals surface area contributed by atoms with Gasteiger partial charge in [-0.3, -0.25) is 4.72 Å². The molecule has 0 radical (unpaired) electrons. The quantitative estimate of drug-likeness (QED) is 0.840. The molecule has 0 fully saturated rings. The number of ether oxygens (including phenoxy) is 1. The lowest BCUT2D eigenvalue weighted by Crippen LogP contribution is -2.29. The number of hydrogen-bond acceptors (Lipinski definition) is 3. The van der Waals surface area contributed by atoms with Gasteiger partial charge in [0.15, 0.2) is 0 Å². The predicted octanol–water partition coefficient (Wildman–Crippen LogP) is 3.78. The van der Waals surface area contributed by atoms with Gasteiger partial charge in [0.25, 0.3) is 0 Å². The number of rotatable bonds is 2. The second kappa shape index (κ2) is 4.59. The molecule has 1 aromatic rings. The Hall–Kier alpha value is -0.190. The minimum absolute atomic E-state index is 0.0957. The molecule has 1 N–H and O–H groups in total. The Balaban J connectivity index is 2.21. The highest BCUT2D eigenvalue weighted by Crippen LogP contribution is 2.38. The van der Waals surface area contributed by atoms with E-state index in [0.29, 0.717) is 0 Å². The molecule has 0 unspecified atom stereocenters. The molecule has 16 heavy (non-hydrogen) atoms. The Kier molecular flexibility index (Phi) is 3.52. The molecule has 4 heteroatoms. The number of nitrogens with one attached hydrogen (secondary N) is 1. The second-order valence-corrected chi connectivity index (χ2v) is 6.71. The van der Waals surface area contributed by atoms with Crippen molar-refractivity contribution in [3.8, 4) is 5.75 Å². The van der Waals surface area contributed by atoms with E-state index in [4.69, 9.17) is 4.74 Å². The van der Waals surface area contributed by atoms with Gasteiger partial charge in [-0.25, -0.2) is 0 Å². The van der Waals surface area contributed by atoms with Crippen molar-refractivity contribution in [1.29, 1.82) is 0 Å². The van der Waals surface area contributed by atoms with Gasteiger partial charge in [-0.2, -0.15) is 0 Å². The van der Waals surface area contributed by atoms with E-state index in [1.165, 1.54) is 5.56 Å². The largest absolute Gasteiger partial charge is 0.492 e. The SMILES string of the molecule is CC(C)(C)NSc1cc(Br)cc2c1OCC2. The zero-order chi connectivity index (χ0) is 11.8. The molecule has 0 saturated heterocycles. The number of halogens is 1. The first-order valence-electron chi connectivity index (χ1n) is 5.35. The standard InChI is InChI=1S/C12H16BrNOS/c1-12(2,3)14-16-10-7-9(13)6-8-4-5-15-11(8)10/h6-7,14H,4-5H2,1-3H3. The van der Waals surface area contributed by atoms with Gasteiger partial charge in [-0.05, 0) is 50.4 Å². The van der Waals surface area contributed by atoms with Gasteiger partial charge in [0.05, 0.1) is 11.5 Å². The van der Waals surface area contributed by atoms with Crippen LogP contribution in [0, 0.1) is 0 Å². The van der Waals surface area contributed by atoms with E-state index in [0.717, 1.165) is 28.1 Å². The molecule has 1 aliphatic rings. The zero-order valence-electron chi connectivity index (χ0n) is 9.76. The van der Waals surface area contributed by atoms with E-state index in [-0.39, 0.29) is 5.54 Å². The molecule has 1 aromatic carbocycles. The highest BCUT2D eigenvalue weighted by Gasteiger charge is 2.19. The van der Waals surface area contributed by atoms with Gasteiger partial charge in [0.1, 0.15) is 5.75 Å². The van der Waals surface area contributed by atoms with Crippen LogP contribution in [0.5, 0.6) is 5.75 Å². The van der Waals surface area contributed by atoms with Crippen molar-refractivity contribution in [3.05, 3.63) is 22.2 Å². The Morgan fingerprint density at radius 3 is 2.81 bits per heavy atom. The van der Waals surface area contributed by atoms with Crippen molar-refractivity contribution in [2.24, 2.45) is 0 Å². The van der Waals surface area contributed by atoms with Crippen LogP contribution in [0.15, 0.2) is 21.5 Å². The van der Waals surface area contributed by atoms with Gasteiger partial charge in [-0.15, -0.1) is 0 Å². The lowest BCUT2D eigenvalue weighted by atomic mass is 10.1. The van der Waals surface area contributed by atoms with Crippen LogP contribution in [0.1, 0.15) is 26.3 Å². The average Bonchev–Trinajstić information content (AvgIpc) is 2.60. The lowest BCUT2D eigenvalue weighted by Gasteiger charge is -2.20. The lowest BCUT2D eigenvalue weighted by molar-refractivity contribution is 0.349. The Bertz CT molecular complexity index is 401. The number of hydrogen-bond donors (Lipinski definition) is 1. The summed E-state index contributed by atoms with van der Waals surface area (Å²) in [6.07, 6.45) is 1.01. The second-order valence-electron chi connectivity index (χ2n) is 4.94. The molecular weight excluding hydrogens is 286 g/mol. The minimum atomic E-state index is 0.0957. The summed E-state index contributed by atoms with van der Waals surface area (Å²) in [5.74, 6) is 1.05. The first-order chi connectivity index (χ1) is 7.46. The van der Waals surface area contributed by atoms with Gasteiger partial charge in [0.2, 0.25) is 0 Å². The Morgan fingerprint density at radius 1 is 1.38 bits per heavy atom. The molecular formula is C12H16BrNOS. The van der Waals surface area contributed by atoms with Crippen molar-refractivity contribution >= 4 is 27.9 Å². The molecule has 0 amide bonds. The Morgan fingerprint density at radius 2 is 2.12 bits per heavy atom. The summed E-state index contributed by atoms with van der Waals surface area (Å²) in [4.78, 5) is 1.16. The first kappa shape index (κ1) is 12.3. The maximum absolute atomic E-state index is 5.67. The molecule has 0 atom stereocenters. The van der Waals surface area contributed by atoms with Crippen molar-refractivity contribution in [2.45, 2.75) is 37.6 Å². The summed E-state index contributed by atoms with van der Waals surface area (Å²) in [5, 5.41) is 0. The van der Waals surface area contributed by atoms with E-state index < -0.39 is 0 Å². The van der Waals surface area contributed by atoms with Crippen LogP contribution in [0.3, 0.4) is 0 Å². The van der Waals surface area contributed by atoms with Crippen molar-refractivity contribution in [2.75, 3.05) is 6.61 Å². The summed E-state index contributed by atoms with van der Waals surface area (Å²) in [7, 11) is 0. The molecule has 0 spiro atoms. The fourth-order valence-corrected chi connectivity index (χ4v) is 3.06. The molecule has 0 saturated carbocycles. The van der Waals surface area contributed by atoms with Crippen LogP contribution in [-0.4, -0.2) is 12.1 Å². The molecule has 1 aliphatic heterocycles. The van der Waals surface area contributed by atoms with Crippen LogP contribution >= 0.6 is 27.9 Å². The van der Waals surface area contributed by atoms with Gasteiger partial charge >= 0.3 is 0 Å². The highest BCUT2D eigenvalue weighted by atomic mass is 79.9. The third-order valence-corrected chi connectivity index (χ3v) is 3.88. The third-order valence-electron chi connectivity index (χ3n) is 2.18. The molecule has 1 heterocycles. The third kappa shape index (κ3) is 2.93. The first-order valence-corrected chi connectivity index (χ1v) is 6.96. The predicted molar refractivity (Wildman–Crippen MR) is 72.1 cm³/mol. The van der Waals surface area contributed by atoms with Gasteiger partial charge < -0.3 is 4.74 Å². The summed E-state index contributed by atoms with van der Waals surface area (Å²) < 4.78 is 10.2. The van der Waals surface area contributed by atoms with Crippen LogP contribution in [0.4, 0.5) is 0 Å². The van der Waals surface area contributed by atoms with Crippen LogP contribution in [0.25, 0.3) is 0 Å². The number of benzene rings is 1. The summed E-state index contributed by atoms with van der Waals surface area (Å²) in [6, 6.07) is 4.25. The maximum Gasteiger partial charge on any atom is 0.137 e. The molecule has 0 bridgehead atoms. The molecule has 88 valence electrons. The van der Waals surface area contributed by atoms with Crippen molar-refractivity contribution in [1.82, 2.24) is 4.72 Å². The van der Waals surface area contributed by atoms with Gasteiger partial charge in [-0.1, -0.05) is 15.9 Å². The summed E-state index contributed by atoms with van der Waals surface area (Å²) in [6.45, 7) is 7.26. The van der Waals surface area contributed by atoms with E-state index >= 15 is 0 Å². The molecule has 2 nitrogen and oxygen atoms in total. The van der Waals surface area contributed by atoms with E-state index in [2.05, 4.69) is 53.6 Å². The monoisotopic (exact) mass is 301 g/mol. The minimum Gasteiger partial charge on any atom is -0.492 e. The maximum atomic E-state index is 5.67. The zero-order valence-corrected chi connectivity index (χ0v) is 12.2. The summed E-state index contributed by atoms with van der Waals surface area (Å²) >= 11 is 5.18. The average molecular weight is 302 g/mol. The fraction of sp³-hybridized carbons (Fsp3) is 0.500. The van der Waals surface area contributed by atoms with E-state index in [1.54, 1.807) is 11.9 Å². The summed E-state index contributed by atoms with van der Waals surface area (Å²) in [5.41, 5.74) is 1.39. The smallest absolute Gasteiger partial charge is 0.137 e. The van der Waals surface area contributed by atoms with Crippen LogP contribution < -0.4 is 9.46 Å². The van der Waals surface area contributed by atoms with Gasteiger partial charge in [0, 0.05) is 16.4 Å². The molecule has 0 aromatic heterocycles. The van der Waals surface area contributed by atoms with E-state index in [9.17, 15) is 0 Å². The van der Waals surface area contributed by atoms with Crippen molar-refractivity contribution < 1.29 is 4.74 Å². The Labute approximate surface area is 109 Å².